The van der Waals surface area contributed by atoms with Crippen LogP contribution >= 0.6 is 11.8 Å². The molecule has 1 unspecified atom stereocenters. The Morgan fingerprint density at radius 2 is 2.26 bits per heavy atom. The van der Waals surface area contributed by atoms with Crippen LogP contribution in [0.4, 0.5) is 0 Å². The molecule has 0 aliphatic carbocycles. The number of likely N-dealkylation sites (tertiary alicyclic amines) is 1. The van der Waals surface area contributed by atoms with Crippen molar-refractivity contribution >= 4 is 34.6 Å². The average Bonchev–Trinajstić information content (AvgIpc) is 3.26. The summed E-state index contributed by atoms with van der Waals surface area (Å²) in [5.41, 5.74) is 1.92. The number of benzene rings is 1. The fraction of sp³-hybridized carbons (Fsp3) is 0.438. The molecule has 0 spiro atoms. The molecule has 6 nitrogen and oxygen atoms in total. The van der Waals surface area contributed by atoms with E-state index in [9.17, 15) is 9.59 Å². The molecule has 7 heteroatoms. The number of hydrogen-bond acceptors (Lipinski definition) is 4. The molecular weight excluding hydrogens is 312 g/mol. The van der Waals surface area contributed by atoms with Gasteiger partial charge in [-0.3, -0.25) is 9.59 Å². The van der Waals surface area contributed by atoms with Crippen molar-refractivity contribution in [2.45, 2.75) is 18.9 Å². The first-order valence-electron chi connectivity index (χ1n) is 7.82. The largest absolute Gasteiger partial charge is 0.340 e. The van der Waals surface area contributed by atoms with E-state index in [2.05, 4.69) is 9.97 Å². The van der Waals surface area contributed by atoms with Crippen LogP contribution in [0.3, 0.4) is 0 Å². The molecule has 1 aromatic carbocycles. The van der Waals surface area contributed by atoms with E-state index in [1.54, 1.807) is 16.7 Å². The number of nitrogens with zero attached hydrogens (tertiary/aromatic N) is 3. The third-order valence-corrected chi connectivity index (χ3v) is 5.39. The SMILES string of the molecule is O=C1CSCN1CC(=O)N1CCCC1c1nc2ccccc2[nH]1. The monoisotopic (exact) mass is 330 g/mol. The number of nitrogens with one attached hydrogen (secondary N) is 1. The van der Waals surface area contributed by atoms with Gasteiger partial charge in [-0.25, -0.2) is 4.98 Å². The Balaban J connectivity index is 1.53. The van der Waals surface area contributed by atoms with Crippen molar-refractivity contribution in [1.82, 2.24) is 19.8 Å². The predicted molar refractivity (Wildman–Crippen MR) is 88.8 cm³/mol. The minimum atomic E-state index is -0.0136. The lowest BCUT2D eigenvalue weighted by Crippen LogP contribution is -2.41. The zero-order chi connectivity index (χ0) is 15.8. The number of para-hydroxylation sites is 2. The first-order valence-corrected chi connectivity index (χ1v) is 8.97. The lowest BCUT2D eigenvalue weighted by Gasteiger charge is -2.25. The second kappa shape index (κ2) is 5.88. The van der Waals surface area contributed by atoms with Gasteiger partial charge in [0.05, 0.1) is 28.7 Å². The fourth-order valence-electron chi connectivity index (χ4n) is 3.27. The van der Waals surface area contributed by atoms with Crippen LogP contribution < -0.4 is 0 Å². The van der Waals surface area contributed by atoms with Crippen molar-refractivity contribution in [3.63, 3.8) is 0 Å². The smallest absolute Gasteiger partial charge is 0.242 e. The lowest BCUT2D eigenvalue weighted by atomic mass is 10.2. The first kappa shape index (κ1) is 14.6. The Morgan fingerprint density at radius 1 is 1.39 bits per heavy atom. The molecule has 1 atom stereocenters. The first-order chi connectivity index (χ1) is 11.2. The number of hydrogen-bond donors (Lipinski definition) is 1. The number of aromatic nitrogens is 2. The minimum Gasteiger partial charge on any atom is -0.340 e. The molecule has 2 saturated heterocycles. The van der Waals surface area contributed by atoms with Crippen LogP contribution in [0.5, 0.6) is 0 Å². The molecule has 1 aromatic heterocycles. The van der Waals surface area contributed by atoms with Crippen LogP contribution in [0.15, 0.2) is 24.3 Å². The summed E-state index contributed by atoms with van der Waals surface area (Å²) in [6.45, 7) is 0.915. The molecule has 3 heterocycles. The number of carbonyl (C=O) groups is 2. The summed E-state index contributed by atoms with van der Waals surface area (Å²) in [6.07, 6.45) is 1.88. The number of imidazole rings is 1. The molecule has 2 fully saturated rings. The van der Waals surface area contributed by atoms with Gasteiger partial charge in [0.25, 0.3) is 0 Å². The highest BCUT2D eigenvalue weighted by molar-refractivity contribution is 8.00. The molecule has 23 heavy (non-hydrogen) atoms. The van der Waals surface area contributed by atoms with Gasteiger partial charge in [0.1, 0.15) is 12.4 Å². The van der Waals surface area contributed by atoms with Crippen molar-refractivity contribution in [2.24, 2.45) is 0 Å². The summed E-state index contributed by atoms with van der Waals surface area (Å²) in [5.74, 6) is 2.03. The standard InChI is InChI=1S/C16H18N4O2S/c21-14(8-19-10-23-9-15(19)22)20-7-3-6-13(20)16-17-11-4-1-2-5-12(11)18-16/h1-2,4-5,13H,3,6-10H2,(H,17,18). The Bertz CT molecular complexity index is 726. The number of thioether (sulfide) groups is 1. The zero-order valence-electron chi connectivity index (χ0n) is 12.7. The Labute approximate surface area is 138 Å². The second-order valence-electron chi connectivity index (χ2n) is 5.95. The van der Waals surface area contributed by atoms with E-state index >= 15 is 0 Å². The number of aromatic amines is 1. The molecule has 4 rings (SSSR count). The maximum Gasteiger partial charge on any atom is 0.242 e. The van der Waals surface area contributed by atoms with Crippen LogP contribution in [-0.2, 0) is 9.59 Å². The third kappa shape index (κ3) is 2.69. The van der Waals surface area contributed by atoms with Crippen molar-refractivity contribution in [2.75, 3.05) is 24.7 Å². The Morgan fingerprint density at radius 3 is 3.04 bits per heavy atom. The zero-order valence-corrected chi connectivity index (χ0v) is 13.5. The topological polar surface area (TPSA) is 69.3 Å². The number of amides is 2. The van der Waals surface area contributed by atoms with Gasteiger partial charge in [-0.15, -0.1) is 11.8 Å². The molecule has 120 valence electrons. The molecule has 2 aromatic rings. The Hall–Kier alpha value is -2.02. The van der Waals surface area contributed by atoms with Gasteiger partial charge in [0.2, 0.25) is 11.8 Å². The molecule has 0 bridgehead atoms. The van der Waals surface area contributed by atoms with Gasteiger partial charge in [-0.05, 0) is 25.0 Å². The highest BCUT2D eigenvalue weighted by Crippen LogP contribution is 2.31. The van der Waals surface area contributed by atoms with E-state index in [4.69, 9.17) is 0 Å². The molecule has 0 radical (unpaired) electrons. The fourth-order valence-corrected chi connectivity index (χ4v) is 4.18. The lowest BCUT2D eigenvalue weighted by molar-refractivity contribution is -0.138. The van der Waals surface area contributed by atoms with Gasteiger partial charge < -0.3 is 14.8 Å². The van der Waals surface area contributed by atoms with Gasteiger partial charge >= 0.3 is 0 Å². The van der Waals surface area contributed by atoms with E-state index < -0.39 is 0 Å². The maximum absolute atomic E-state index is 12.6. The van der Waals surface area contributed by atoms with Crippen LogP contribution in [0, 0.1) is 0 Å². The summed E-state index contributed by atoms with van der Waals surface area (Å²) >= 11 is 1.56. The second-order valence-corrected chi connectivity index (χ2v) is 6.91. The van der Waals surface area contributed by atoms with Gasteiger partial charge in [0.15, 0.2) is 0 Å². The van der Waals surface area contributed by atoms with Crippen LogP contribution in [0.2, 0.25) is 0 Å². The van der Waals surface area contributed by atoms with Gasteiger partial charge in [-0.2, -0.15) is 0 Å². The number of fused-ring (bicyclic) bond motifs is 1. The highest BCUT2D eigenvalue weighted by atomic mass is 32.2. The van der Waals surface area contributed by atoms with Gasteiger partial charge in [0, 0.05) is 6.54 Å². The van der Waals surface area contributed by atoms with E-state index in [1.165, 1.54) is 0 Å². The van der Waals surface area contributed by atoms with Crippen molar-refractivity contribution in [1.29, 1.82) is 0 Å². The minimum absolute atomic E-state index is 0.0136. The van der Waals surface area contributed by atoms with Crippen LogP contribution in [-0.4, -0.2) is 56.3 Å². The third-order valence-electron chi connectivity index (χ3n) is 4.45. The van der Waals surface area contributed by atoms with E-state index in [1.807, 2.05) is 29.2 Å². The summed E-state index contributed by atoms with van der Waals surface area (Å²) in [6, 6.07) is 7.88. The van der Waals surface area contributed by atoms with Crippen LogP contribution in [0.25, 0.3) is 11.0 Å². The molecule has 2 amide bonds. The summed E-state index contributed by atoms with van der Waals surface area (Å²) < 4.78 is 0. The van der Waals surface area contributed by atoms with Gasteiger partial charge in [-0.1, -0.05) is 12.1 Å². The van der Waals surface area contributed by atoms with E-state index in [-0.39, 0.29) is 24.4 Å². The highest BCUT2D eigenvalue weighted by Gasteiger charge is 2.34. The van der Waals surface area contributed by atoms with Crippen molar-refractivity contribution in [3.05, 3.63) is 30.1 Å². The quantitative estimate of drug-likeness (QED) is 0.931. The molecule has 2 aliphatic heterocycles. The normalized spacial score (nSPS) is 21.6. The molecule has 2 aliphatic rings. The summed E-state index contributed by atoms with van der Waals surface area (Å²) in [5, 5.41) is 0. The Kier molecular flexibility index (Phi) is 3.72. The van der Waals surface area contributed by atoms with Crippen molar-refractivity contribution < 1.29 is 9.59 Å². The van der Waals surface area contributed by atoms with Crippen LogP contribution in [0.1, 0.15) is 24.7 Å². The average molecular weight is 330 g/mol. The molecular formula is C16H18N4O2S. The predicted octanol–water partition coefficient (Wildman–Crippen LogP) is 1.76. The number of carbonyl (C=O) groups excluding carboxylic acids is 2. The summed E-state index contributed by atoms with van der Waals surface area (Å²) in [7, 11) is 0. The maximum atomic E-state index is 12.6. The summed E-state index contributed by atoms with van der Waals surface area (Å²) in [4.78, 5) is 35.8. The van der Waals surface area contributed by atoms with E-state index in [0.29, 0.717) is 11.6 Å². The number of H-pyrrole nitrogens is 1. The number of rotatable bonds is 3. The van der Waals surface area contributed by atoms with Crippen molar-refractivity contribution in [3.8, 4) is 0 Å². The van der Waals surface area contributed by atoms with E-state index in [0.717, 1.165) is 36.2 Å². The molecule has 1 N–H and O–H groups in total. The molecule has 0 saturated carbocycles.